The molecule has 1 atom stereocenters. The van der Waals surface area contributed by atoms with Crippen molar-refractivity contribution in [1.29, 1.82) is 0 Å². The molecule has 0 bridgehead atoms. The van der Waals surface area contributed by atoms with E-state index in [2.05, 4.69) is 36.0 Å². The minimum Gasteiger partial charge on any atom is -0.365 e. The number of hydrogen-bond donors (Lipinski definition) is 1. The van der Waals surface area contributed by atoms with Gasteiger partial charge in [-0.05, 0) is 39.2 Å². The van der Waals surface area contributed by atoms with Crippen molar-refractivity contribution in [3.63, 3.8) is 0 Å². The van der Waals surface area contributed by atoms with Gasteiger partial charge in [-0.25, -0.2) is 4.98 Å². The molecule has 0 spiro atoms. The van der Waals surface area contributed by atoms with Gasteiger partial charge in [0.05, 0.1) is 0 Å². The monoisotopic (exact) mass is 278 g/mol. The average Bonchev–Trinajstić information content (AvgIpc) is 2.89. The third-order valence-corrected chi connectivity index (χ3v) is 3.98. The summed E-state index contributed by atoms with van der Waals surface area (Å²) < 4.78 is 1.73. The van der Waals surface area contributed by atoms with Gasteiger partial charge in [0.15, 0.2) is 5.82 Å². The Balaban J connectivity index is 1.92. The van der Waals surface area contributed by atoms with Crippen LogP contribution in [-0.2, 0) is 6.54 Å². The summed E-state index contributed by atoms with van der Waals surface area (Å²) in [5.74, 6) is 1.10. The molecule has 1 fully saturated rings. The highest BCUT2D eigenvalue weighted by Crippen LogP contribution is 2.18. The summed E-state index contributed by atoms with van der Waals surface area (Å²) in [4.78, 5) is 18.8. The lowest BCUT2D eigenvalue weighted by atomic mass is 10.1. The average molecular weight is 278 g/mol. The minimum absolute atomic E-state index is 0.00642. The quantitative estimate of drug-likeness (QED) is 0.862. The zero-order valence-electron chi connectivity index (χ0n) is 12.8. The SMILES string of the molecule is CCCn1ccnc(NCC2CCN(C(C)C)C2)c1=O. The molecule has 2 heterocycles. The van der Waals surface area contributed by atoms with E-state index in [1.165, 1.54) is 6.42 Å². The predicted octanol–water partition coefficient (Wildman–Crippen LogP) is 1.80. The van der Waals surface area contributed by atoms with Crippen LogP contribution in [0.25, 0.3) is 0 Å². The van der Waals surface area contributed by atoms with Crippen LogP contribution in [0.1, 0.15) is 33.6 Å². The first-order chi connectivity index (χ1) is 9.61. The van der Waals surface area contributed by atoms with Gasteiger partial charge in [0, 0.05) is 38.1 Å². The molecule has 5 nitrogen and oxygen atoms in total. The van der Waals surface area contributed by atoms with Gasteiger partial charge in [-0.2, -0.15) is 0 Å². The maximum atomic E-state index is 12.2. The highest BCUT2D eigenvalue weighted by Gasteiger charge is 2.24. The largest absolute Gasteiger partial charge is 0.365 e. The summed E-state index contributed by atoms with van der Waals surface area (Å²) in [5, 5.41) is 3.24. The van der Waals surface area contributed by atoms with Crippen LogP contribution >= 0.6 is 0 Å². The molecule has 1 aromatic rings. The number of aromatic nitrogens is 2. The van der Waals surface area contributed by atoms with Crippen molar-refractivity contribution in [2.75, 3.05) is 25.0 Å². The molecule has 1 aliphatic heterocycles. The second-order valence-electron chi connectivity index (χ2n) is 5.90. The normalized spacial score (nSPS) is 19.7. The van der Waals surface area contributed by atoms with Gasteiger partial charge in [0.2, 0.25) is 0 Å². The molecule has 20 heavy (non-hydrogen) atoms. The first-order valence-corrected chi connectivity index (χ1v) is 7.65. The van der Waals surface area contributed by atoms with E-state index in [9.17, 15) is 4.79 Å². The topological polar surface area (TPSA) is 50.2 Å². The van der Waals surface area contributed by atoms with Gasteiger partial charge in [0.25, 0.3) is 5.56 Å². The number of nitrogens with one attached hydrogen (secondary N) is 1. The molecular weight excluding hydrogens is 252 g/mol. The van der Waals surface area contributed by atoms with Gasteiger partial charge >= 0.3 is 0 Å². The third kappa shape index (κ3) is 3.60. The van der Waals surface area contributed by atoms with E-state index in [1.807, 2.05) is 0 Å². The smallest absolute Gasteiger partial charge is 0.293 e. The van der Waals surface area contributed by atoms with Crippen molar-refractivity contribution in [2.24, 2.45) is 5.92 Å². The number of aryl methyl sites for hydroxylation is 1. The number of nitrogens with zero attached hydrogens (tertiary/aromatic N) is 3. The Morgan fingerprint density at radius 2 is 2.30 bits per heavy atom. The van der Waals surface area contributed by atoms with Gasteiger partial charge in [-0.15, -0.1) is 0 Å². The molecule has 1 aromatic heterocycles. The Bertz CT molecular complexity index is 483. The van der Waals surface area contributed by atoms with Crippen molar-refractivity contribution in [1.82, 2.24) is 14.5 Å². The number of rotatable bonds is 6. The minimum atomic E-state index is -0.00642. The van der Waals surface area contributed by atoms with Crippen molar-refractivity contribution < 1.29 is 0 Å². The molecule has 1 saturated heterocycles. The van der Waals surface area contributed by atoms with E-state index in [1.54, 1.807) is 17.0 Å². The van der Waals surface area contributed by atoms with E-state index < -0.39 is 0 Å². The van der Waals surface area contributed by atoms with Crippen molar-refractivity contribution in [3.8, 4) is 0 Å². The Morgan fingerprint density at radius 3 is 2.95 bits per heavy atom. The van der Waals surface area contributed by atoms with Crippen molar-refractivity contribution >= 4 is 5.82 Å². The molecule has 0 aromatic carbocycles. The maximum absolute atomic E-state index is 12.2. The highest BCUT2D eigenvalue weighted by molar-refractivity contribution is 5.30. The van der Waals surface area contributed by atoms with E-state index in [4.69, 9.17) is 0 Å². The zero-order valence-corrected chi connectivity index (χ0v) is 12.8. The first kappa shape index (κ1) is 15.0. The molecule has 0 amide bonds. The number of hydrogen-bond acceptors (Lipinski definition) is 4. The lowest BCUT2D eigenvalue weighted by molar-refractivity contribution is 0.266. The summed E-state index contributed by atoms with van der Waals surface area (Å²) in [6, 6.07) is 0.608. The van der Waals surface area contributed by atoms with Crippen LogP contribution < -0.4 is 10.9 Å². The molecule has 0 radical (unpaired) electrons. The van der Waals surface area contributed by atoms with E-state index in [0.29, 0.717) is 17.8 Å². The zero-order chi connectivity index (χ0) is 14.5. The van der Waals surface area contributed by atoms with E-state index >= 15 is 0 Å². The van der Waals surface area contributed by atoms with Gasteiger partial charge in [0.1, 0.15) is 0 Å². The Morgan fingerprint density at radius 1 is 1.50 bits per heavy atom. The first-order valence-electron chi connectivity index (χ1n) is 7.65. The van der Waals surface area contributed by atoms with E-state index in [-0.39, 0.29) is 5.56 Å². The molecule has 1 unspecified atom stereocenters. The van der Waals surface area contributed by atoms with Crippen LogP contribution in [0.4, 0.5) is 5.82 Å². The van der Waals surface area contributed by atoms with Crippen LogP contribution in [-0.4, -0.2) is 40.1 Å². The Hall–Kier alpha value is -1.36. The second kappa shape index (κ2) is 6.88. The van der Waals surface area contributed by atoms with Crippen molar-refractivity contribution in [3.05, 3.63) is 22.7 Å². The van der Waals surface area contributed by atoms with Crippen LogP contribution in [0, 0.1) is 5.92 Å². The third-order valence-electron chi connectivity index (χ3n) is 3.98. The summed E-state index contributed by atoms with van der Waals surface area (Å²) in [6.07, 6.45) is 5.61. The molecule has 5 heteroatoms. The van der Waals surface area contributed by atoms with E-state index in [0.717, 1.165) is 32.6 Å². The van der Waals surface area contributed by atoms with Crippen LogP contribution in [0.5, 0.6) is 0 Å². The lowest BCUT2D eigenvalue weighted by Crippen LogP contribution is -2.30. The van der Waals surface area contributed by atoms with Gasteiger partial charge in [-0.1, -0.05) is 6.92 Å². The molecule has 1 N–H and O–H groups in total. The van der Waals surface area contributed by atoms with Crippen molar-refractivity contribution in [2.45, 2.75) is 46.2 Å². The van der Waals surface area contributed by atoms with Gasteiger partial charge in [-0.3, -0.25) is 4.79 Å². The molecule has 0 saturated carbocycles. The summed E-state index contributed by atoms with van der Waals surface area (Å²) in [6.45, 7) is 10.4. The maximum Gasteiger partial charge on any atom is 0.293 e. The fraction of sp³-hybridized carbons (Fsp3) is 0.733. The molecule has 2 rings (SSSR count). The second-order valence-corrected chi connectivity index (χ2v) is 5.90. The van der Waals surface area contributed by atoms with Crippen LogP contribution in [0.3, 0.4) is 0 Å². The van der Waals surface area contributed by atoms with Gasteiger partial charge < -0.3 is 14.8 Å². The molecule has 1 aliphatic rings. The summed E-state index contributed by atoms with van der Waals surface area (Å²) in [7, 11) is 0. The highest BCUT2D eigenvalue weighted by atomic mass is 16.1. The lowest BCUT2D eigenvalue weighted by Gasteiger charge is -2.20. The summed E-state index contributed by atoms with van der Waals surface area (Å²) in [5.41, 5.74) is -0.00642. The fourth-order valence-corrected chi connectivity index (χ4v) is 2.72. The standard InChI is InChI=1S/C15H26N4O/c1-4-7-18-9-6-16-14(15(18)20)17-10-13-5-8-19(11-13)12(2)3/h6,9,12-13H,4-5,7-8,10-11H2,1-3H3,(H,16,17). The number of anilines is 1. The fourth-order valence-electron chi connectivity index (χ4n) is 2.72. The summed E-state index contributed by atoms with van der Waals surface area (Å²) >= 11 is 0. The molecule has 0 aliphatic carbocycles. The molecule has 112 valence electrons. The molecular formula is C15H26N4O. The van der Waals surface area contributed by atoms with Crippen LogP contribution in [0.2, 0.25) is 0 Å². The Kier molecular flexibility index (Phi) is 5.17. The van der Waals surface area contributed by atoms with Crippen LogP contribution in [0.15, 0.2) is 17.2 Å². The Labute approximate surface area is 121 Å². The predicted molar refractivity (Wildman–Crippen MR) is 82.1 cm³/mol. The number of likely N-dealkylation sites (tertiary alicyclic amines) is 1.